The zero-order valence-electron chi connectivity index (χ0n) is 19.7. The highest BCUT2D eigenvalue weighted by Gasteiger charge is 2.25. The number of benzene rings is 2. The predicted octanol–water partition coefficient (Wildman–Crippen LogP) is 3.33. The summed E-state index contributed by atoms with van der Waals surface area (Å²) in [5.41, 5.74) is 1.43. The standard InChI is InChI=1S/C25H36N2O5/c1-25(2,3)32-24(29)27-20(16-18-10-7-6-8-11-18)21(28)17-26-15-14-19-12-9-13-22(30-4)23(19)31-5/h6-13,20-21,26,28H,14-17H2,1-5H3,(H,27,29)/t20-,21+/m0/s1. The molecule has 32 heavy (non-hydrogen) atoms. The van der Waals surface area contributed by atoms with Gasteiger partial charge in [0.15, 0.2) is 11.5 Å². The molecule has 2 rings (SSSR count). The summed E-state index contributed by atoms with van der Waals surface area (Å²) < 4.78 is 16.2. The minimum atomic E-state index is -0.796. The Labute approximate surface area is 191 Å². The van der Waals surface area contributed by atoms with Crippen LogP contribution in [0.5, 0.6) is 11.5 Å². The van der Waals surface area contributed by atoms with Gasteiger partial charge in [-0.15, -0.1) is 0 Å². The molecule has 0 aromatic heterocycles. The van der Waals surface area contributed by atoms with Crippen molar-refractivity contribution in [1.82, 2.24) is 10.6 Å². The van der Waals surface area contributed by atoms with Crippen LogP contribution in [0.2, 0.25) is 0 Å². The Balaban J connectivity index is 1.95. The largest absolute Gasteiger partial charge is 0.493 e. The van der Waals surface area contributed by atoms with Crippen molar-refractivity contribution in [2.45, 2.75) is 51.4 Å². The van der Waals surface area contributed by atoms with Gasteiger partial charge in [0.25, 0.3) is 0 Å². The number of hydrogen-bond donors (Lipinski definition) is 3. The summed E-state index contributed by atoms with van der Waals surface area (Å²) in [5.74, 6) is 1.40. The van der Waals surface area contributed by atoms with Crippen molar-refractivity contribution in [2.75, 3.05) is 27.3 Å². The molecule has 0 saturated carbocycles. The molecule has 2 aromatic rings. The molecule has 0 aliphatic heterocycles. The number of rotatable bonds is 11. The van der Waals surface area contributed by atoms with Crippen LogP contribution in [0, 0.1) is 0 Å². The lowest BCUT2D eigenvalue weighted by Gasteiger charge is -2.27. The van der Waals surface area contributed by atoms with Crippen LogP contribution in [-0.2, 0) is 17.6 Å². The number of carbonyl (C=O) groups excluding carboxylic acids is 1. The summed E-state index contributed by atoms with van der Waals surface area (Å²) in [6.45, 7) is 6.38. The molecule has 1 amide bonds. The van der Waals surface area contributed by atoms with E-state index in [1.54, 1.807) is 14.2 Å². The Morgan fingerprint density at radius 2 is 1.75 bits per heavy atom. The Hall–Kier alpha value is -2.77. The highest BCUT2D eigenvalue weighted by atomic mass is 16.6. The van der Waals surface area contributed by atoms with Crippen LogP contribution in [0.15, 0.2) is 48.5 Å². The number of hydrogen-bond acceptors (Lipinski definition) is 6. The van der Waals surface area contributed by atoms with Crippen molar-refractivity contribution in [2.24, 2.45) is 0 Å². The van der Waals surface area contributed by atoms with Crippen molar-refractivity contribution < 1.29 is 24.1 Å². The van der Waals surface area contributed by atoms with Gasteiger partial charge in [0.05, 0.1) is 26.4 Å². The van der Waals surface area contributed by atoms with Crippen LogP contribution in [0.4, 0.5) is 4.79 Å². The minimum absolute atomic E-state index is 0.319. The van der Waals surface area contributed by atoms with E-state index in [4.69, 9.17) is 14.2 Å². The average Bonchev–Trinajstić information content (AvgIpc) is 2.75. The van der Waals surface area contributed by atoms with Crippen LogP contribution in [-0.4, -0.2) is 56.3 Å². The van der Waals surface area contributed by atoms with Crippen molar-refractivity contribution in [3.63, 3.8) is 0 Å². The molecule has 0 heterocycles. The number of ether oxygens (including phenoxy) is 3. The van der Waals surface area contributed by atoms with E-state index in [2.05, 4.69) is 10.6 Å². The fraction of sp³-hybridized carbons (Fsp3) is 0.480. The van der Waals surface area contributed by atoms with Crippen LogP contribution in [0.25, 0.3) is 0 Å². The molecular formula is C25H36N2O5. The van der Waals surface area contributed by atoms with E-state index in [-0.39, 0.29) is 0 Å². The quantitative estimate of drug-likeness (QED) is 0.461. The molecular weight excluding hydrogens is 408 g/mol. The minimum Gasteiger partial charge on any atom is -0.493 e. The zero-order valence-corrected chi connectivity index (χ0v) is 19.7. The molecule has 3 N–H and O–H groups in total. The Kier molecular flexibility index (Phi) is 9.81. The SMILES string of the molecule is COc1cccc(CCNC[C@@H](O)[C@H](Cc2ccccc2)NC(=O)OC(C)(C)C)c1OC. The second kappa shape index (κ2) is 12.3. The van der Waals surface area contributed by atoms with Gasteiger partial charge in [0, 0.05) is 6.54 Å². The second-order valence-corrected chi connectivity index (χ2v) is 8.62. The number of amides is 1. The number of nitrogens with one attached hydrogen (secondary N) is 2. The summed E-state index contributed by atoms with van der Waals surface area (Å²) in [6.07, 6.45) is -0.142. The number of carbonyl (C=O) groups is 1. The van der Waals surface area contributed by atoms with E-state index >= 15 is 0 Å². The molecule has 176 valence electrons. The normalized spacial score (nSPS) is 13.2. The van der Waals surface area contributed by atoms with Crippen LogP contribution in [0.1, 0.15) is 31.9 Å². The molecule has 7 nitrogen and oxygen atoms in total. The lowest BCUT2D eigenvalue weighted by atomic mass is 10.0. The predicted molar refractivity (Wildman–Crippen MR) is 125 cm³/mol. The topological polar surface area (TPSA) is 89.1 Å². The summed E-state index contributed by atoms with van der Waals surface area (Å²) in [5, 5.41) is 16.9. The Morgan fingerprint density at radius 1 is 1.03 bits per heavy atom. The number of alkyl carbamates (subject to hydrolysis) is 1. The zero-order chi connectivity index (χ0) is 23.6. The van der Waals surface area contributed by atoms with E-state index in [1.165, 1.54) is 0 Å². The van der Waals surface area contributed by atoms with E-state index in [0.29, 0.717) is 37.4 Å². The maximum absolute atomic E-state index is 12.3. The molecule has 0 unspecified atom stereocenters. The van der Waals surface area contributed by atoms with Crippen LogP contribution < -0.4 is 20.1 Å². The first-order chi connectivity index (χ1) is 15.2. The monoisotopic (exact) mass is 444 g/mol. The molecule has 0 fully saturated rings. The third-order valence-electron chi connectivity index (χ3n) is 4.87. The van der Waals surface area contributed by atoms with Crippen molar-refractivity contribution in [1.29, 1.82) is 0 Å². The molecule has 2 aromatic carbocycles. The molecule has 0 saturated heterocycles. The number of methoxy groups -OCH3 is 2. The molecule has 0 aliphatic carbocycles. The van der Waals surface area contributed by atoms with Gasteiger partial charge in [-0.1, -0.05) is 42.5 Å². The van der Waals surface area contributed by atoms with E-state index in [0.717, 1.165) is 11.1 Å². The first-order valence-electron chi connectivity index (χ1n) is 10.9. The molecule has 0 radical (unpaired) electrons. The third kappa shape index (κ3) is 8.40. The molecule has 0 spiro atoms. The summed E-state index contributed by atoms with van der Waals surface area (Å²) >= 11 is 0. The molecule has 7 heteroatoms. The lowest BCUT2D eigenvalue weighted by Crippen LogP contribution is -2.50. The van der Waals surface area contributed by atoms with Gasteiger partial charge in [-0.3, -0.25) is 0 Å². The Bertz CT molecular complexity index is 836. The van der Waals surface area contributed by atoms with Crippen LogP contribution >= 0.6 is 0 Å². The van der Waals surface area contributed by atoms with Crippen molar-refractivity contribution in [3.05, 3.63) is 59.7 Å². The fourth-order valence-electron chi connectivity index (χ4n) is 3.38. The maximum atomic E-state index is 12.3. The van der Waals surface area contributed by atoms with Gasteiger partial charge >= 0.3 is 6.09 Å². The summed E-state index contributed by atoms with van der Waals surface area (Å²) in [4.78, 5) is 12.3. The van der Waals surface area contributed by atoms with Gasteiger partial charge in [0.1, 0.15) is 5.60 Å². The highest BCUT2D eigenvalue weighted by Crippen LogP contribution is 2.30. The van der Waals surface area contributed by atoms with Crippen molar-refractivity contribution >= 4 is 6.09 Å². The lowest BCUT2D eigenvalue weighted by molar-refractivity contribution is 0.0423. The fourth-order valence-corrected chi connectivity index (χ4v) is 3.38. The van der Waals surface area contributed by atoms with E-state index in [1.807, 2.05) is 69.3 Å². The van der Waals surface area contributed by atoms with Gasteiger partial charge < -0.3 is 30.0 Å². The smallest absolute Gasteiger partial charge is 0.407 e. The summed E-state index contributed by atoms with van der Waals surface area (Å²) in [6, 6.07) is 15.0. The van der Waals surface area contributed by atoms with Crippen molar-refractivity contribution in [3.8, 4) is 11.5 Å². The van der Waals surface area contributed by atoms with Gasteiger partial charge in [-0.2, -0.15) is 0 Å². The van der Waals surface area contributed by atoms with Gasteiger partial charge in [0.2, 0.25) is 0 Å². The third-order valence-corrected chi connectivity index (χ3v) is 4.87. The first-order valence-corrected chi connectivity index (χ1v) is 10.9. The Morgan fingerprint density at radius 3 is 2.38 bits per heavy atom. The number of para-hydroxylation sites is 1. The first kappa shape index (κ1) is 25.5. The average molecular weight is 445 g/mol. The second-order valence-electron chi connectivity index (χ2n) is 8.62. The molecule has 0 bridgehead atoms. The maximum Gasteiger partial charge on any atom is 0.407 e. The van der Waals surface area contributed by atoms with Crippen LogP contribution in [0.3, 0.4) is 0 Å². The van der Waals surface area contributed by atoms with E-state index < -0.39 is 23.8 Å². The number of aliphatic hydroxyl groups excluding tert-OH is 1. The molecule has 2 atom stereocenters. The molecule has 0 aliphatic rings. The van der Waals surface area contributed by atoms with Gasteiger partial charge in [-0.25, -0.2) is 4.79 Å². The van der Waals surface area contributed by atoms with E-state index in [9.17, 15) is 9.90 Å². The number of aliphatic hydroxyl groups is 1. The van der Waals surface area contributed by atoms with Gasteiger partial charge in [-0.05, 0) is 57.4 Å². The summed E-state index contributed by atoms with van der Waals surface area (Å²) in [7, 11) is 3.23. The highest BCUT2D eigenvalue weighted by molar-refractivity contribution is 5.68.